The summed E-state index contributed by atoms with van der Waals surface area (Å²) in [7, 11) is 0. The summed E-state index contributed by atoms with van der Waals surface area (Å²) in [5.74, 6) is 0.613. The van der Waals surface area contributed by atoms with Crippen molar-refractivity contribution >= 4 is 54.1 Å². The lowest BCUT2D eigenvalue weighted by molar-refractivity contribution is 0.596. The van der Waals surface area contributed by atoms with Crippen LogP contribution >= 0.6 is 22.9 Å². The van der Waals surface area contributed by atoms with Crippen LogP contribution in [0.3, 0.4) is 0 Å². The first kappa shape index (κ1) is 13.1. The van der Waals surface area contributed by atoms with Crippen LogP contribution in [0.15, 0.2) is 35.1 Å². The van der Waals surface area contributed by atoms with Crippen molar-refractivity contribution in [3.8, 4) is 0 Å². The number of rotatable bonds is 2. The molecule has 2 nitrogen and oxygen atoms in total. The molecule has 0 N–H and O–H groups in total. The topological polar surface area (TPSA) is 26.0 Å². The highest BCUT2D eigenvalue weighted by atomic mass is 35.5. The van der Waals surface area contributed by atoms with Crippen LogP contribution in [0.5, 0.6) is 0 Å². The van der Waals surface area contributed by atoms with E-state index in [1.807, 2.05) is 12.3 Å². The van der Waals surface area contributed by atoms with E-state index in [4.69, 9.17) is 16.0 Å². The molecular weight excluding hydrogens is 302 g/mol. The molecule has 1 aromatic carbocycles. The number of nitrogens with zero attached hydrogens (tertiary/aromatic N) is 1. The molecule has 0 aliphatic heterocycles. The maximum atomic E-state index is 6.22. The second-order valence-electron chi connectivity index (χ2n) is 5.76. The number of hydrogen-bond acceptors (Lipinski definition) is 3. The molecule has 0 atom stereocenters. The Bertz CT molecular complexity index is 967. The van der Waals surface area contributed by atoms with Crippen LogP contribution in [-0.2, 0) is 6.42 Å². The van der Waals surface area contributed by atoms with Crippen molar-refractivity contribution in [1.29, 1.82) is 0 Å². The molecule has 106 valence electrons. The molecule has 0 spiro atoms. The normalized spacial score (nSPS) is 12.2. The van der Waals surface area contributed by atoms with E-state index in [1.54, 1.807) is 17.5 Å². The number of halogens is 1. The zero-order valence-corrected chi connectivity index (χ0v) is 13.4. The van der Waals surface area contributed by atoms with Gasteiger partial charge in [0.15, 0.2) is 5.58 Å². The molecule has 4 rings (SSSR count). The Morgan fingerprint density at radius 2 is 1.90 bits per heavy atom. The summed E-state index contributed by atoms with van der Waals surface area (Å²) < 4.78 is 8.07. The average molecular weight is 316 g/mol. The Morgan fingerprint density at radius 1 is 1.14 bits per heavy atom. The Balaban J connectivity index is 2.08. The van der Waals surface area contributed by atoms with E-state index in [9.17, 15) is 0 Å². The molecule has 0 radical (unpaired) electrons. The van der Waals surface area contributed by atoms with Crippen LogP contribution in [-0.4, -0.2) is 4.98 Å². The van der Waals surface area contributed by atoms with Gasteiger partial charge in [-0.25, -0.2) is 4.98 Å². The number of fused-ring (bicyclic) bond motifs is 5. The summed E-state index contributed by atoms with van der Waals surface area (Å²) in [5.41, 5.74) is 2.25. The van der Waals surface area contributed by atoms with E-state index in [-0.39, 0.29) is 0 Å². The van der Waals surface area contributed by atoms with Crippen LogP contribution in [0.25, 0.3) is 31.1 Å². The molecule has 0 unspecified atom stereocenters. The van der Waals surface area contributed by atoms with Gasteiger partial charge in [-0.3, -0.25) is 0 Å². The predicted molar refractivity (Wildman–Crippen MR) is 90.5 cm³/mol. The minimum Gasteiger partial charge on any atom is -0.463 e. The highest BCUT2D eigenvalue weighted by Gasteiger charge is 2.15. The number of pyridine rings is 1. The monoisotopic (exact) mass is 315 g/mol. The van der Waals surface area contributed by atoms with Crippen LogP contribution in [0.4, 0.5) is 0 Å². The fourth-order valence-corrected chi connectivity index (χ4v) is 4.31. The van der Waals surface area contributed by atoms with Gasteiger partial charge < -0.3 is 4.42 Å². The lowest BCUT2D eigenvalue weighted by Gasteiger charge is -2.01. The second kappa shape index (κ2) is 4.72. The zero-order valence-electron chi connectivity index (χ0n) is 11.8. The van der Waals surface area contributed by atoms with Crippen LogP contribution in [0.1, 0.15) is 19.4 Å². The standard InChI is InChI=1S/C17H14ClNOS/c1-9(2)7-10-8-20-14-11(10)3-4-12-13-5-6-19-17(18)16(13)21-15(12)14/h3-6,8-9H,7H2,1-2H3. The van der Waals surface area contributed by atoms with E-state index in [0.717, 1.165) is 26.8 Å². The maximum absolute atomic E-state index is 6.22. The second-order valence-corrected chi connectivity index (χ2v) is 7.14. The van der Waals surface area contributed by atoms with Gasteiger partial charge in [0, 0.05) is 22.4 Å². The summed E-state index contributed by atoms with van der Waals surface area (Å²) in [6.07, 6.45) is 4.69. The van der Waals surface area contributed by atoms with Gasteiger partial charge in [-0.1, -0.05) is 37.6 Å². The van der Waals surface area contributed by atoms with E-state index in [0.29, 0.717) is 11.1 Å². The zero-order chi connectivity index (χ0) is 14.6. The van der Waals surface area contributed by atoms with E-state index in [1.165, 1.54) is 16.3 Å². The van der Waals surface area contributed by atoms with Crippen molar-refractivity contribution in [2.24, 2.45) is 5.92 Å². The van der Waals surface area contributed by atoms with Crippen molar-refractivity contribution in [1.82, 2.24) is 4.98 Å². The Labute approximate surface area is 131 Å². The fourth-order valence-electron chi connectivity index (χ4n) is 2.87. The summed E-state index contributed by atoms with van der Waals surface area (Å²) in [5, 5.41) is 4.12. The van der Waals surface area contributed by atoms with Gasteiger partial charge in [-0.2, -0.15) is 0 Å². The van der Waals surface area contributed by atoms with Gasteiger partial charge >= 0.3 is 0 Å². The molecule has 0 bridgehead atoms. The minimum atomic E-state index is 0.566. The van der Waals surface area contributed by atoms with Crippen molar-refractivity contribution in [2.45, 2.75) is 20.3 Å². The minimum absolute atomic E-state index is 0.566. The highest BCUT2D eigenvalue weighted by molar-refractivity contribution is 7.27. The van der Waals surface area contributed by atoms with E-state index in [2.05, 4.69) is 31.0 Å². The molecule has 3 heterocycles. The number of thiophene rings is 1. The maximum Gasteiger partial charge on any atom is 0.151 e. The third-order valence-electron chi connectivity index (χ3n) is 3.76. The smallest absolute Gasteiger partial charge is 0.151 e. The van der Waals surface area contributed by atoms with Gasteiger partial charge in [0.05, 0.1) is 15.7 Å². The van der Waals surface area contributed by atoms with Gasteiger partial charge in [-0.05, 0) is 24.0 Å². The van der Waals surface area contributed by atoms with Crippen molar-refractivity contribution < 1.29 is 4.42 Å². The first-order valence-electron chi connectivity index (χ1n) is 7.01. The molecule has 0 saturated heterocycles. The third kappa shape index (κ3) is 1.95. The molecule has 21 heavy (non-hydrogen) atoms. The first-order valence-corrected chi connectivity index (χ1v) is 8.20. The molecule has 3 aromatic heterocycles. The fraction of sp³-hybridized carbons (Fsp3) is 0.235. The number of benzene rings is 1. The largest absolute Gasteiger partial charge is 0.463 e. The van der Waals surface area contributed by atoms with E-state index >= 15 is 0 Å². The molecular formula is C17H14ClNOS. The average Bonchev–Trinajstić information content (AvgIpc) is 3.01. The lowest BCUT2D eigenvalue weighted by atomic mass is 10.0. The number of hydrogen-bond donors (Lipinski definition) is 0. The summed E-state index contributed by atoms with van der Waals surface area (Å²) >= 11 is 7.88. The Kier molecular flexibility index (Phi) is 2.95. The van der Waals surface area contributed by atoms with Crippen LogP contribution < -0.4 is 0 Å². The highest BCUT2D eigenvalue weighted by Crippen LogP contribution is 2.41. The third-order valence-corrected chi connectivity index (χ3v) is 5.39. The molecule has 0 saturated carbocycles. The first-order chi connectivity index (χ1) is 10.1. The molecule has 0 fully saturated rings. The van der Waals surface area contributed by atoms with Crippen molar-refractivity contribution in [3.05, 3.63) is 41.4 Å². The molecule has 4 heteroatoms. The quantitative estimate of drug-likeness (QED) is 0.421. The number of furan rings is 1. The van der Waals surface area contributed by atoms with Gasteiger partial charge in [0.25, 0.3) is 0 Å². The Morgan fingerprint density at radius 3 is 2.71 bits per heavy atom. The van der Waals surface area contributed by atoms with Crippen molar-refractivity contribution in [2.75, 3.05) is 0 Å². The van der Waals surface area contributed by atoms with Crippen LogP contribution in [0, 0.1) is 5.92 Å². The van der Waals surface area contributed by atoms with Gasteiger partial charge in [0.2, 0.25) is 0 Å². The molecule has 0 aliphatic carbocycles. The molecule has 4 aromatic rings. The number of aromatic nitrogens is 1. The molecule has 0 aliphatic rings. The van der Waals surface area contributed by atoms with E-state index < -0.39 is 0 Å². The predicted octanol–water partition coefficient (Wildman–Crippen LogP) is 6.05. The van der Waals surface area contributed by atoms with Gasteiger partial charge in [-0.15, -0.1) is 11.3 Å². The van der Waals surface area contributed by atoms with Gasteiger partial charge in [0.1, 0.15) is 5.15 Å². The lowest BCUT2D eigenvalue weighted by Crippen LogP contribution is -1.91. The molecule has 0 amide bonds. The van der Waals surface area contributed by atoms with Crippen LogP contribution in [0.2, 0.25) is 5.15 Å². The summed E-state index contributed by atoms with van der Waals surface area (Å²) in [6, 6.07) is 6.36. The SMILES string of the molecule is CC(C)Cc1coc2c1ccc1c3ccnc(Cl)c3sc12. The summed E-state index contributed by atoms with van der Waals surface area (Å²) in [6.45, 7) is 4.45. The van der Waals surface area contributed by atoms with Crippen molar-refractivity contribution in [3.63, 3.8) is 0 Å². The summed E-state index contributed by atoms with van der Waals surface area (Å²) in [4.78, 5) is 4.17. The Hall–Kier alpha value is -1.58.